The van der Waals surface area contributed by atoms with E-state index in [-0.39, 0.29) is 6.04 Å². The molecule has 0 bridgehead atoms. The normalized spacial score (nSPS) is 9.50. The fraction of sp³-hybridized carbons (Fsp3) is 0.800. The Morgan fingerprint density at radius 1 is 1.62 bits per heavy atom. The minimum Gasteiger partial charge on any atom is -0.465 e. The third-order valence-corrected chi connectivity index (χ3v) is 1.08. The van der Waals surface area contributed by atoms with Crippen LogP contribution in [0.1, 0.15) is 13.8 Å². The number of hydrogen-bond acceptors (Lipinski definition) is 1. The highest BCUT2D eigenvalue weighted by atomic mass is 16.4. The van der Waals surface area contributed by atoms with Crippen LogP contribution in [0.5, 0.6) is 0 Å². The monoisotopic (exact) mass is 117 g/mol. The molecule has 1 N–H and O–H groups in total. The van der Waals surface area contributed by atoms with Gasteiger partial charge in [0.1, 0.15) is 0 Å². The van der Waals surface area contributed by atoms with Gasteiger partial charge in [-0.25, -0.2) is 4.79 Å². The zero-order valence-corrected chi connectivity index (χ0v) is 5.38. The van der Waals surface area contributed by atoms with Gasteiger partial charge < -0.3 is 10.0 Å². The summed E-state index contributed by atoms with van der Waals surface area (Å²) in [5, 5.41) is 8.28. The van der Waals surface area contributed by atoms with E-state index < -0.39 is 6.09 Å². The smallest absolute Gasteiger partial charge is 0.407 e. The van der Waals surface area contributed by atoms with Gasteiger partial charge in [0, 0.05) is 13.1 Å². The first kappa shape index (κ1) is 7.27. The molecule has 3 heteroatoms. The van der Waals surface area contributed by atoms with Gasteiger partial charge in [-0.15, -0.1) is 0 Å². The van der Waals surface area contributed by atoms with E-state index in [0.717, 1.165) is 0 Å². The van der Waals surface area contributed by atoms with Crippen LogP contribution >= 0.6 is 0 Å². The molecule has 0 aromatic carbocycles. The molecule has 48 valence electrons. The van der Waals surface area contributed by atoms with Crippen molar-refractivity contribution in [3.05, 3.63) is 0 Å². The van der Waals surface area contributed by atoms with Gasteiger partial charge in [-0.05, 0) is 13.8 Å². The summed E-state index contributed by atoms with van der Waals surface area (Å²) in [5.74, 6) is 0. The molecule has 0 atom stereocenters. The van der Waals surface area contributed by atoms with Crippen LogP contribution in [-0.2, 0) is 0 Å². The quantitative estimate of drug-likeness (QED) is 0.556. The highest BCUT2D eigenvalue weighted by molar-refractivity contribution is 5.64. The highest BCUT2D eigenvalue weighted by Crippen LogP contribution is 1.91. The Labute approximate surface area is 48.9 Å². The highest BCUT2D eigenvalue weighted by Gasteiger charge is 2.07. The molecule has 3 nitrogen and oxygen atoms in total. The van der Waals surface area contributed by atoms with Crippen molar-refractivity contribution in [1.82, 2.24) is 4.90 Å². The molecule has 0 aliphatic heterocycles. The van der Waals surface area contributed by atoms with Gasteiger partial charge in [-0.3, -0.25) is 0 Å². The fourth-order valence-corrected chi connectivity index (χ4v) is 0.221. The average molecular weight is 117 g/mol. The number of carboxylic acid groups (broad SMARTS) is 1. The first-order chi connectivity index (χ1) is 3.55. The van der Waals surface area contributed by atoms with Crippen LogP contribution < -0.4 is 0 Å². The van der Waals surface area contributed by atoms with E-state index in [2.05, 4.69) is 0 Å². The van der Waals surface area contributed by atoms with E-state index in [1.807, 2.05) is 13.8 Å². The molecule has 0 aliphatic rings. The molecule has 0 aromatic heterocycles. The molecular weight excluding hydrogens is 106 g/mol. The largest absolute Gasteiger partial charge is 0.465 e. The third kappa shape index (κ3) is 1.82. The summed E-state index contributed by atoms with van der Waals surface area (Å²) in [5.41, 5.74) is 0. The van der Waals surface area contributed by atoms with E-state index >= 15 is 0 Å². The van der Waals surface area contributed by atoms with Crippen LogP contribution in [0.15, 0.2) is 0 Å². The van der Waals surface area contributed by atoms with Gasteiger partial charge in [0.25, 0.3) is 0 Å². The Kier molecular flexibility index (Phi) is 2.31. The maximum absolute atomic E-state index is 10.1. The van der Waals surface area contributed by atoms with Gasteiger partial charge in [0.15, 0.2) is 0 Å². The Bertz CT molecular complexity index is 90.4. The van der Waals surface area contributed by atoms with Crippen molar-refractivity contribution in [1.29, 1.82) is 0 Å². The van der Waals surface area contributed by atoms with Crippen molar-refractivity contribution in [2.24, 2.45) is 0 Å². The lowest BCUT2D eigenvalue weighted by atomic mass is 10.4. The molecule has 0 fully saturated rings. The Balaban J connectivity index is 3.64. The molecule has 0 radical (unpaired) electrons. The van der Waals surface area contributed by atoms with Crippen molar-refractivity contribution < 1.29 is 9.90 Å². The lowest BCUT2D eigenvalue weighted by molar-refractivity contribution is 0.145. The maximum atomic E-state index is 10.1. The molecule has 0 aromatic rings. The second kappa shape index (κ2) is 2.55. The van der Waals surface area contributed by atoms with Crippen LogP contribution in [0.25, 0.3) is 0 Å². The Morgan fingerprint density at radius 3 is 2.00 bits per heavy atom. The molecule has 0 heterocycles. The van der Waals surface area contributed by atoms with Gasteiger partial charge in [-0.1, -0.05) is 0 Å². The summed E-state index contributed by atoms with van der Waals surface area (Å²) in [4.78, 5) is 11.3. The maximum Gasteiger partial charge on any atom is 0.407 e. The number of amides is 1. The topological polar surface area (TPSA) is 40.5 Å². The number of hydrogen-bond donors (Lipinski definition) is 1. The van der Waals surface area contributed by atoms with E-state index in [9.17, 15) is 4.79 Å². The van der Waals surface area contributed by atoms with Gasteiger partial charge >= 0.3 is 6.09 Å². The Morgan fingerprint density at radius 2 is 2.00 bits per heavy atom. The Hall–Kier alpha value is -0.730. The molecule has 0 saturated heterocycles. The third-order valence-electron chi connectivity index (χ3n) is 1.08. The molecular formula is C5H11NO2. The van der Waals surface area contributed by atoms with Crippen LogP contribution in [-0.4, -0.2) is 29.2 Å². The van der Waals surface area contributed by atoms with Crippen molar-refractivity contribution in [2.45, 2.75) is 19.9 Å². The fourth-order valence-electron chi connectivity index (χ4n) is 0.221. The van der Waals surface area contributed by atoms with Crippen molar-refractivity contribution >= 4 is 6.09 Å². The first-order valence-electron chi connectivity index (χ1n) is 2.51. The number of carbonyl (C=O) groups is 1. The van der Waals surface area contributed by atoms with Crippen molar-refractivity contribution in [2.75, 3.05) is 7.05 Å². The molecule has 0 aliphatic carbocycles. The lowest BCUT2D eigenvalue weighted by Crippen LogP contribution is -2.31. The molecule has 0 saturated carbocycles. The van der Waals surface area contributed by atoms with Gasteiger partial charge in [0.2, 0.25) is 0 Å². The minimum atomic E-state index is -0.875. The van der Waals surface area contributed by atoms with Gasteiger partial charge in [0.05, 0.1) is 0 Å². The van der Waals surface area contributed by atoms with E-state index in [1.165, 1.54) is 4.90 Å². The zero-order chi connectivity index (χ0) is 6.73. The molecule has 0 unspecified atom stereocenters. The second-order valence-electron chi connectivity index (χ2n) is 1.99. The van der Waals surface area contributed by atoms with Crippen LogP contribution in [0.2, 0.25) is 0 Å². The van der Waals surface area contributed by atoms with E-state index in [0.29, 0.717) is 0 Å². The SMILES string of the molecule is CC(C)N(C)C(=O)O. The zero-order valence-electron chi connectivity index (χ0n) is 5.38. The standard InChI is InChI=1S/C5H11NO2/c1-4(2)6(3)5(7)8/h4H,1-3H3,(H,7,8). The minimum absolute atomic E-state index is 0.0764. The van der Waals surface area contributed by atoms with E-state index in [1.54, 1.807) is 7.05 Å². The summed E-state index contributed by atoms with van der Waals surface area (Å²) in [6, 6.07) is 0.0764. The molecule has 0 rings (SSSR count). The number of nitrogens with zero attached hydrogens (tertiary/aromatic N) is 1. The summed E-state index contributed by atoms with van der Waals surface area (Å²) in [7, 11) is 1.55. The first-order valence-corrected chi connectivity index (χ1v) is 2.51. The predicted octanol–water partition coefficient (Wildman–Crippen LogP) is 1.00. The molecule has 0 spiro atoms. The summed E-state index contributed by atoms with van der Waals surface area (Å²) in [6.07, 6.45) is -0.875. The van der Waals surface area contributed by atoms with Crippen molar-refractivity contribution in [3.63, 3.8) is 0 Å². The van der Waals surface area contributed by atoms with Crippen LogP contribution in [0.4, 0.5) is 4.79 Å². The summed E-state index contributed by atoms with van der Waals surface area (Å²) in [6.45, 7) is 3.66. The summed E-state index contributed by atoms with van der Waals surface area (Å²) < 4.78 is 0. The lowest BCUT2D eigenvalue weighted by Gasteiger charge is -2.16. The molecule has 1 amide bonds. The second-order valence-corrected chi connectivity index (χ2v) is 1.99. The summed E-state index contributed by atoms with van der Waals surface area (Å²) >= 11 is 0. The van der Waals surface area contributed by atoms with Crippen molar-refractivity contribution in [3.8, 4) is 0 Å². The van der Waals surface area contributed by atoms with Crippen LogP contribution in [0.3, 0.4) is 0 Å². The average Bonchev–Trinajstić information content (AvgIpc) is 1.64. The van der Waals surface area contributed by atoms with E-state index in [4.69, 9.17) is 5.11 Å². The van der Waals surface area contributed by atoms with Crippen LogP contribution in [0, 0.1) is 0 Å². The van der Waals surface area contributed by atoms with Gasteiger partial charge in [-0.2, -0.15) is 0 Å². The number of rotatable bonds is 1. The predicted molar refractivity (Wildman–Crippen MR) is 30.9 cm³/mol. The molecule has 8 heavy (non-hydrogen) atoms.